The summed E-state index contributed by atoms with van der Waals surface area (Å²) in [6.45, 7) is 4.02. The van der Waals surface area contributed by atoms with Gasteiger partial charge in [-0.25, -0.2) is 9.78 Å². The van der Waals surface area contributed by atoms with E-state index in [9.17, 15) is 24.6 Å². The van der Waals surface area contributed by atoms with Crippen molar-refractivity contribution in [3.05, 3.63) is 28.3 Å². The highest BCUT2D eigenvalue weighted by molar-refractivity contribution is 6.00. The molecular weight excluding hydrogens is 368 g/mol. The molecule has 0 spiro atoms. The van der Waals surface area contributed by atoms with Gasteiger partial charge >= 0.3 is 11.5 Å². The van der Waals surface area contributed by atoms with Gasteiger partial charge in [-0.3, -0.25) is 14.0 Å². The van der Waals surface area contributed by atoms with E-state index in [-0.39, 0.29) is 18.1 Å². The molecule has 0 aromatic carbocycles. The van der Waals surface area contributed by atoms with Crippen LogP contribution < -0.4 is 26.0 Å². The number of nitrogens with zero attached hydrogens (tertiary/aromatic N) is 4. The number of amides is 1. The summed E-state index contributed by atoms with van der Waals surface area (Å²) in [5.74, 6) is -2.65. The Labute approximate surface area is 159 Å². The second-order valence-electron chi connectivity index (χ2n) is 6.66. The minimum atomic E-state index is -1.51. The highest BCUT2D eigenvalue weighted by Gasteiger charge is 2.27. The van der Waals surface area contributed by atoms with E-state index in [0.29, 0.717) is 37.6 Å². The quantitative estimate of drug-likeness (QED) is 0.492. The summed E-state index contributed by atoms with van der Waals surface area (Å²) < 4.78 is 1.11. The number of nitrogens with one attached hydrogen (secondary N) is 2. The van der Waals surface area contributed by atoms with Gasteiger partial charge in [0.25, 0.3) is 0 Å². The molecule has 148 valence electrons. The van der Waals surface area contributed by atoms with Crippen molar-refractivity contribution >= 4 is 28.9 Å². The predicted molar refractivity (Wildman–Crippen MR) is 100 cm³/mol. The van der Waals surface area contributed by atoms with Crippen LogP contribution in [0.5, 0.6) is 5.75 Å². The Balaban J connectivity index is 1.98. The van der Waals surface area contributed by atoms with Crippen LogP contribution in [0.15, 0.2) is 17.1 Å². The number of hydrogen-bond donors (Lipinski definition) is 4. The van der Waals surface area contributed by atoms with Crippen LogP contribution in [0.1, 0.15) is 10.5 Å². The Morgan fingerprint density at radius 3 is 2.50 bits per heavy atom. The molecule has 4 heterocycles. The Hall–Kier alpha value is -3.18. The molecule has 11 nitrogen and oxygen atoms in total. The molecule has 2 aromatic heterocycles. The largest absolute Gasteiger partial charge is 0.501 e. The number of carbonyl (C=O) groups excluding carboxylic acids is 1. The number of rotatable bonds is 3. The molecule has 28 heavy (non-hydrogen) atoms. The second kappa shape index (κ2) is 7.09. The Morgan fingerprint density at radius 1 is 1.11 bits per heavy atom. The first-order valence-corrected chi connectivity index (χ1v) is 8.97. The summed E-state index contributed by atoms with van der Waals surface area (Å²) in [6, 6.07) is 1.75. The molecule has 11 heteroatoms. The summed E-state index contributed by atoms with van der Waals surface area (Å²) >= 11 is 0. The minimum Gasteiger partial charge on any atom is -0.501 e. The predicted octanol–water partition coefficient (Wildman–Crippen LogP) is -1.56. The molecular formula is C17H20N6O5. The third kappa shape index (κ3) is 3.04. The topological polar surface area (TPSA) is 140 Å². The molecule has 2 fully saturated rings. The van der Waals surface area contributed by atoms with Gasteiger partial charge in [0.2, 0.25) is 11.7 Å². The number of carboxylic acids is 1. The SMILES string of the molecule is O=C(O)c1nc2c(N3CCNCC3=O)cc(N3CCNCC3)cn2c(=O)c1O. The van der Waals surface area contributed by atoms with Gasteiger partial charge in [-0.05, 0) is 6.07 Å². The molecule has 0 unspecified atom stereocenters. The maximum atomic E-state index is 12.7. The zero-order valence-electron chi connectivity index (χ0n) is 15.0. The van der Waals surface area contributed by atoms with Gasteiger partial charge in [-0.1, -0.05) is 0 Å². The number of pyridine rings is 1. The van der Waals surface area contributed by atoms with E-state index in [2.05, 4.69) is 20.5 Å². The van der Waals surface area contributed by atoms with Crippen molar-refractivity contribution in [2.45, 2.75) is 0 Å². The van der Waals surface area contributed by atoms with Crippen molar-refractivity contribution in [1.29, 1.82) is 0 Å². The third-order valence-electron chi connectivity index (χ3n) is 4.93. The summed E-state index contributed by atoms with van der Waals surface area (Å²) in [6.07, 6.45) is 1.53. The summed E-state index contributed by atoms with van der Waals surface area (Å²) in [7, 11) is 0. The fourth-order valence-corrected chi connectivity index (χ4v) is 3.50. The zero-order chi connectivity index (χ0) is 19.8. The lowest BCUT2D eigenvalue weighted by atomic mass is 10.2. The van der Waals surface area contributed by atoms with Gasteiger partial charge in [0.15, 0.2) is 11.3 Å². The number of carbonyl (C=O) groups is 2. The molecule has 0 bridgehead atoms. The molecule has 0 atom stereocenters. The van der Waals surface area contributed by atoms with Crippen molar-refractivity contribution < 1.29 is 19.8 Å². The standard InChI is InChI=1S/C17H20N6O5/c24-12-8-19-3-6-22(12)11-7-10(21-4-1-18-2-5-21)9-23-15(11)20-13(17(27)28)14(25)16(23)26/h7,9,18-19,25H,1-6,8H2,(H,27,28). The summed E-state index contributed by atoms with van der Waals surface area (Å²) in [4.78, 5) is 44.1. The number of piperazine rings is 2. The average Bonchev–Trinajstić information content (AvgIpc) is 2.71. The van der Waals surface area contributed by atoms with Gasteiger partial charge in [0, 0.05) is 45.5 Å². The van der Waals surface area contributed by atoms with Crippen LogP contribution >= 0.6 is 0 Å². The van der Waals surface area contributed by atoms with E-state index in [1.807, 2.05) is 0 Å². The lowest BCUT2D eigenvalue weighted by Crippen LogP contribution is -2.48. The van der Waals surface area contributed by atoms with Crippen LogP contribution in [0, 0.1) is 0 Å². The average molecular weight is 388 g/mol. The monoisotopic (exact) mass is 388 g/mol. The smallest absolute Gasteiger partial charge is 0.358 e. The van der Waals surface area contributed by atoms with E-state index in [0.717, 1.165) is 17.5 Å². The fourth-order valence-electron chi connectivity index (χ4n) is 3.50. The van der Waals surface area contributed by atoms with Crippen molar-refractivity contribution in [3.63, 3.8) is 0 Å². The maximum absolute atomic E-state index is 12.7. The first-order chi connectivity index (χ1) is 13.5. The van der Waals surface area contributed by atoms with Crippen LogP contribution in [0.2, 0.25) is 0 Å². The third-order valence-corrected chi connectivity index (χ3v) is 4.93. The van der Waals surface area contributed by atoms with Crippen LogP contribution in [0.4, 0.5) is 11.4 Å². The van der Waals surface area contributed by atoms with Crippen molar-refractivity contribution in [2.75, 3.05) is 55.6 Å². The Morgan fingerprint density at radius 2 is 1.82 bits per heavy atom. The molecule has 1 amide bonds. The number of aromatic carboxylic acids is 1. The van der Waals surface area contributed by atoms with Crippen molar-refractivity contribution in [2.24, 2.45) is 0 Å². The molecule has 4 rings (SSSR count). The molecule has 2 aliphatic rings. The van der Waals surface area contributed by atoms with Crippen molar-refractivity contribution in [3.8, 4) is 5.75 Å². The highest BCUT2D eigenvalue weighted by Crippen LogP contribution is 2.28. The van der Waals surface area contributed by atoms with Gasteiger partial charge in [-0.2, -0.15) is 0 Å². The van der Waals surface area contributed by atoms with Crippen molar-refractivity contribution in [1.82, 2.24) is 20.0 Å². The van der Waals surface area contributed by atoms with Crippen LogP contribution in [-0.2, 0) is 4.79 Å². The van der Waals surface area contributed by atoms with Crippen LogP contribution in [0.3, 0.4) is 0 Å². The minimum absolute atomic E-state index is 0.0225. The summed E-state index contributed by atoms with van der Waals surface area (Å²) in [5.41, 5.74) is -0.551. The van der Waals surface area contributed by atoms with E-state index >= 15 is 0 Å². The highest BCUT2D eigenvalue weighted by atomic mass is 16.4. The second-order valence-corrected chi connectivity index (χ2v) is 6.66. The first-order valence-electron chi connectivity index (χ1n) is 8.97. The summed E-state index contributed by atoms with van der Waals surface area (Å²) in [5, 5.41) is 25.5. The molecule has 0 aliphatic carbocycles. The maximum Gasteiger partial charge on any atom is 0.358 e. The van der Waals surface area contributed by atoms with E-state index in [1.54, 1.807) is 6.07 Å². The number of carboxylic acid groups (broad SMARTS) is 1. The Kier molecular flexibility index (Phi) is 4.61. The Bertz CT molecular complexity index is 1010. The zero-order valence-corrected chi connectivity index (χ0v) is 15.0. The molecule has 2 aliphatic heterocycles. The number of hydrogen-bond acceptors (Lipinski definition) is 8. The van der Waals surface area contributed by atoms with Gasteiger partial charge in [0.1, 0.15) is 0 Å². The lowest BCUT2D eigenvalue weighted by molar-refractivity contribution is -0.118. The molecule has 0 radical (unpaired) electrons. The number of fused-ring (bicyclic) bond motifs is 1. The normalized spacial score (nSPS) is 17.9. The van der Waals surface area contributed by atoms with E-state index in [1.165, 1.54) is 11.1 Å². The van der Waals surface area contributed by atoms with Gasteiger partial charge in [-0.15, -0.1) is 0 Å². The van der Waals surface area contributed by atoms with Gasteiger partial charge < -0.3 is 30.6 Å². The van der Waals surface area contributed by atoms with Crippen LogP contribution in [0.25, 0.3) is 5.65 Å². The van der Waals surface area contributed by atoms with E-state index < -0.39 is 23.0 Å². The van der Waals surface area contributed by atoms with E-state index in [4.69, 9.17) is 0 Å². The lowest BCUT2D eigenvalue weighted by Gasteiger charge is -2.32. The fraction of sp³-hybridized carbons (Fsp3) is 0.412. The van der Waals surface area contributed by atoms with Crippen LogP contribution in [-0.4, -0.2) is 77.3 Å². The first kappa shape index (κ1) is 18.2. The molecule has 2 saturated heterocycles. The molecule has 0 saturated carbocycles. The number of anilines is 2. The molecule has 2 aromatic rings. The number of aromatic nitrogens is 2. The number of aromatic hydroxyl groups is 1. The van der Waals surface area contributed by atoms with Gasteiger partial charge in [0.05, 0.1) is 17.9 Å². The molecule has 4 N–H and O–H groups in total.